The highest BCUT2D eigenvalue weighted by Crippen LogP contribution is 2.27. The van der Waals surface area contributed by atoms with Gasteiger partial charge in [0.05, 0.1) is 10.2 Å². The summed E-state index contributed by atoms with van der Waals surface area (Å²) < 4.78 is 1.08. The van der Waals surface area contributed by atoms with Crippen molar-refractivity contribution < 1.29 is 4.79 Å². The van der Waals surface area contributed by atoms with E-state index in [2.05, 4.69) is 44.6 Å². The summed E-state index contributed by atoms with van der Waals surface area (Å²) in [5.74, 6) is 0.356. The molecule has 1 amide bonds. The van der Waals surface area contributed by atoms with Gasteiger partial charge in [0.25, 0.3) is 5.91 Å². The number of carbonyl (C=O) groups excluding carboxylic acids is 1. The molecule has 146 valence electrons. The van der Waals surface area contributed by atoms with Gasteiger partial charge in [-0.3, -0.25) is 10.1 Å². The fourth-order valence-corrected chi connectivity index (χ4v) is 3.95. The minimum atomic E-state index is -0.186. The minimum Gasteiger partial charge on any atom is -0.324 e. The Kier molecular flexibility index (Phi) is 5.22. The van der Waals surface area contributed by atoms with Crippen molar-refractivity contribution in [3.63, 3.8) is 0 Å². The highest BCUT2D eigenvalue weighted by Gasteiger charge is 2.11. The molecule has 0 fully saturated rings. The molecule has 4 aromatic rings. The van der Waals surface area contributed by atoms with Crippen LogP contribution in [0.4, 0.5) is 16.8 Å². The summed E-state index contributed by atoms with van der Waals surface area (Å²) in [6, 6.07) is 15.3. The van der Waals surface area contributed by atoms with Crippen LogP contribution in [-0.4, -0.2) is 20.9 Å². The Hall–Kier alpha value is -3.32. The van der Waals surface area contributed by atoms with E-state index in [0.29, 0.717) is 16.6 Å². The molecular weight excluding hydrogens is 382 g/mol. The summed E-state index contributed by atoms with van der Waals surface area (Å²) in [7, 11) is 0. The Morgan fingerprint density at radius 1 is 0.966 bits per heavy atom. The van der Waals surface area contributed by atoms with Crippen molar-refractivity contribution in [3.05, 3.63) is 71.0 Å². The third-order valence-corrected chi connectivity index (χ3v) is 5.40. The van der Waals surface area contributed by atoms with Crippen molar-refractivity contribution >= 4 is 44.2 Å². The van der Waals surface area contributed by atoms with Gasteiger partial charge in [0.1, 0.15) is 0 Å². The molecule has 0 aliphatic carbocycles. The van der Waals surface area contributed by atoms with Crippen LogP contribution in [0, 0.1) is 13.8 Å². The van der Waals surface area contributed by atoms with E-state index in [1.807, 2.05) is 38.1 Å². The molecule has 6 nitrogen and oxygen atoms in total. The number of benzene rings is 2. The zero-order chi connectivity index (χ0) is 20.4. The first-order valence-corrected chi connectivity index (χ1v) is 10.2. The molecule has 0 unspecified atom stereocenters. The van der Waals surface area contributed by atoms with E-state index in [-0.39, 0.29) is 5.91 Å². The van der Waals surface area contributed by atoms with Crippen LogP contribution in [0.15, 0.2) is 48.5 Å². The molecule has 0 saturated heterocycles. The van der Waals surface area contributed by atoms with Crippen LogP contribution < -0.4 is 10.6 Å². The maximum absolute atomic E-state index is 12.6. The van der Waals surface area contributed by atoms with Crippen molar-refractivity contribution in [2.24, 2.45) is 0 Å². The summed E-state index contributed by atoms with van der Waals surface area (Å²) in [4.78, 5) is 25.8. The van der Waals surface area contributed by atoms with Crippen LogP contribution in [0.5, 0.6) is 0 Å². The largest absolute Gasteiger partial charge is 0.324 e. The number of anilines is 3. The first-order valence-electron chi connectivity index (χ1n) is 9.40. The zero-order valence-corrected chi connectivity index (χ0v) is 17.3. The first-order chi connectivity index (χ1) is 14.0. The maximum atomic E-state index is 12.6. The molecule has 2 N–H and O–H groups in total. The van der Waals surface area contributed by atoms with Gasteiger partial charge >= 0.3 is 0 Å². The number of rotatable bonds is 5. The summed E-state index contributed by atoms with van der Waals surface area (Å²) in [5, 5.41) is 6.66. The number of fused-ring (bicyclic) bond motifs is 1. The Morgan fingerprint density at radius 3 is 2.38 bits per heavy atom. The van der Waals surface area contributed by atoms with Gasteiger partial charge in [0.15, 0.2) is 5.13 Å². The number of hydrogen-bond donors (Lipinski definition) is 2. The van der Waals surface area contributed by atoms with Crippen molar-refractivity contribution in [3.8, 4) is 0 Å². The molecule has 2 heterocycles. The third kappa shape index (κ3) is 4.41. The number of thiazole rings is 1. The lowest BCUT2D eigenvalue weighted by Gasteiger charge is -2.07. The normalized spacial score (nSPS) is 10.9. The quantitative estimate of drug-likeness (QED) is 0.475. The van der Waals surface area contributed by atoms with Gasteiger partial charge < -0.3 is 5.32 Å². The standard InChI is InChI=1S/C22H21N5OS/c1-4-15-5-10-18-19(12-15)29-22(26-18)27-20(28)16-6-8-17(9-7-16)25-21-23-13(2)11-14(3)24-21/h5-12H,4H2,1-3H3,(H,23,24,25)(H,26,27,28). The van der Waals surface area contributed by atoms with Gasteiger partial charge in [-0.15, -0.1) is 0 Å². The second kappa shape index (κ2) is 7.97. The molecule has 0 saturated carbocycles. The number of carbonyl (C=O) groups is 1. The molecular formula is C22H21N5OS. The highest BCUT2D eigenvalue weighted by atomic mass is 32.1. The summed E-state index contributed by atoms with van der Waals surface area (Å²) in [5.41, 5.74) is 5.34. The fourth-order valence-electron chi connectivity index (χ4n) is 3.03. The van der Waals surface area contributed by atoms with Crippen LogP contribution in [0.25, 0.3) is 10.2 Å². The Labute approximate surface area is 173 Å². The smallest absolute Gasteiger partial charge is 0.257 e. The average molecular weight is 404 g/mol. The molecule has 0 bridgehead atoms. The van der Waals surface area contributed by atoms with Crippen molar-refractivity contribution in [2.45, 2.75) is 27.2 Å². The molecule has 0 spiro atoms. The Morgan fingerprint density at radius 2 is 1.69 bits per heavy atom. The van der Waals surface area contributed by atoms with E-state index >= 15 is 0 Å². The number of aryl methyl sites for hydroxylation is 3. The van der Waals surface area contributed by atoms with Crippen LogP contribution in [-0.2, 0) is 6.42 Å². The topological polar surface area (TPSA) is 79.8 Å². The predicted octanol–water partition coefficient (Wildman–Crippen LogP) is 5.26. The average Bonchev–Trinajstić information content (AvgIpc) is 3.09. The molecule has 0 radical (unpaired) electrons. The summed E-state index contributed by atoms with van der Waals surface area (Å²) in [6.07, 6.45) is 0.975. The van der Waals surface area contributed by atoms with E-state index in [4.69, 9.17) is 0 Å². The second-order valence-corrected chi connectivity index (χ2v) is 7.84. The van der Waals surface area contributed by atoms with Gasteiger partial charge in [0.2, 0.25) is 5.95 Å². The van der Waals surface area contributed by atoms with Crippen molar-refractivity contribution in [1.29, 1.82) is 0 Å². The molecule has 0 aliphatic heterocycles. The molecule has 2 aromatic carbocycles. The van der Waals surface area contributed by atoms with Crippen LogP contribution in [0.1, 0.15) is 34.2 Å². The van der Waals surface area contributed by atoms with E-state index < -0.39 is 0 Å². The third-order valence-electron chi connectivity index (χ3n) is 4.47. The van der Waals surface area contributed by atoms with E-state index in [0.717, 1.165) is 33.7 Å². The van der Waals surface area contributed by atoms with E-state index in [1.165, 1.54) is 16.9 Å². The van der Waals surface area contributed by atoms with Crippen LogP contribution in [0.2, 0.25) is 0 Å². The van der Waals surface area contributed by atoms with Gasteiger partial charge in [-0.2, -0.15) is 0 Å². The number of aromatic nitrogens is 3. The Bertz CT molecular complexity index is 1160. The number of amides is 1. The van der Waals surface area contributed by atoms with Gasteiger partial charge in [-0.1, -0.05) is 24.3 Å². The van der Waals surface area contributed by atoms with Gasteiger partial charge in [0, 0.05) is 22.6 Å². The lowest BCUT2D eigenvalue weighted by Crippen LogP contribution is -2.11. The maximum Gasteiger partial charge on any atom is 0.257 e. The van der Waals surface area contributed by atoms with Crippen molar-refractivity contribution in [2.75, 3.05) is 10.6 Å². The zero-order valence-electron chi connectivity index (χ0n) is 16.5. The molecule has 7 heteroatoms. The Balaban J connectivity index is 1.46. The van der Waals surface area contributed by atoms with E-state index in [1.54, 1.807) is 12.1 Å². The van der Waals surface area contributed by atoms with Gasteiger partial charge in [-0.05, 0) is 68.3 Å². The van der Waals surface area contributed by atoms with Crippen LogP contribution >= 0.6 is 11.3 Å². The molecule has 0 atom stereocenters. The highest BCUT2D eigenvalue weighted by molar-refractivity contribution is 7.22. The summed E-state index contributed by atoms with van der Waals surface area (Å²) in [6.45, 7) is 5.98. The predicted molar refractivity (Wildman–Crippen MR) is 118 cm³/mol. The van der Waals surface area contributed by atoms with Crippen molar-refractivity contribution in [1.82, 2.24) is 15.0 Å². The lowest BCUT2D eigenvalue weighted by molar-refractivity contribution is 0.102. The lowest BCUT2D eigenvalue weighted by atomic mass is 10.2. The first kappa shape index (κ1) is 19.0. The minimum absolute atomic E-state index is 0.186. The fraction of sp³-hybridized carbons (Fsp3) is 0.182. The summed E-state index contributed by atoms with van der Waals surface area (Å²) >= 11 is 1.49. The molecule has 4 rings (SSSR count). The van der Waals surface area contributed by atoms with E-state index in [9.17, 15) is 4.79 Å². The molecule has 29 heavy (non-hydrogen) atoms. The molecule has 0 aliphatic rings. The second-order valence-electron chi connectivity index (χ2n) is 6.81. The molecule has 2 aromatic heterocycles. The number of nitrogens with zero attached hydrogens (tertiary/aromatic N) is 3. The van der Waals surface area contributed by atoms with Gasteiger partial charge in [-0.25, -0.2) is 15.0 Å². The number of nitrogens with one attached hydrogen (secondary N) is 2. The number of hydrogen-bond acceptors (Lipinski definition) is 6. The SMILES string of the molecule is CCc1ccc2nc(NC(=O)c3ccc(Nc4nc(C)cc(C)n4)cc3)sc2c1. The monoisotopic (exact) mass is 403 g/mol. The van der Waals surface area contributed by atoms with Crippen LogP contribution in [0.3, 0.4) is 0 Å².